The molecule has 11 heteroatoms. The van der Waals surface area contributed by atoms with Gasteiger partial charge in [-0.2, -0.15) is 26.3 Å². The second-order valence-electron chi connectivity index (χ2n) is 8.54. The van der Waals surface area contributed by atoms with E-state index in [4.69, 9.17) is 4.74 Å². The van der Waals surface area contributed by atoms with Gasteiger partial charge in [0.1, 0.15) is 12.1 Å². The van der Waals surface area contributed by atoms with Crippen molar-refractivity contribution in [3.8, 4) is 0 Å². The van der Waals surface area contributed by atoms with Crippen molar-refractivity contribution in [2.75, 3.05) is 0 Å². The smallest absolute Gasteiger partial charge is 0.416 e. The number of nitrogens with one attached hydrogen (secondary N) is 2. The van der Waals surface area contributed by atoms with Crippen LogP contribution in [0.1, 0.15) is 55.0 Å². The first-order valence-corrected chi connectivity index (χ1v) is 11.0. The van der Waals surface area contributed by atoms with Crippen molar-refractivity contribution in [1.29, 1.82) is 0 Å². The molecule has 194 valence electrons. The molecular formula is C25H24F6N2O3. The predicted octanol–water partition coefficient (Wildman–Crippen LogP) is 5.63. The van der Waals surface area contributed by atoms with Gasteiger partial charge >= 0.3 is 12.4 Å². The molecule has 3 rings (SSSR count). The Morgan fingerprint density at radius 2 is 1.67 bits per heavy atom. The van der Waals surface area contributed by atoms with Gasteiger partial charge in [-0.15, -0.1) is 0 Å². The van der Waals surface area contributed by atoms with Crippen molar-refractivity contribution in [3.05, 3.63) is 83.1 Å². The number of amides is 2. The van der Waals surface area contributed by atoms with Crippen LogP contribution >= 0.6 is 0 Å². The van der Waals surface area contributed by atoms with Crippen molar-refractivity contribution in [3.63, 3.8) is 0 Å². The van der Waals surface area contributed by atoms with Gasteiger partial charge in [-0.1, -0.05) is 30.3 Å². The lowest BCUT2D eigenvalue weighted by Gasteiger charge is -2.39. The summed E-state index contributed by atoms with van der Waals surface area (Å²) in [5, 5.41) is 5.42. The third-order valence-corrected chi connectivity index (χ3v) is 5.87. The van der Waals surface area contributed by atoms with E-state index in [9.17, 15) is 35.9 Å². The molecule has 1 saturated heterocycles. The number of ether oxygens (including phenoxy) is 1. The van der Waals surface area contributed by atoms with Crippen LogP contribution in [0.3, 0.4) is 0 Å². The molecule has 1 heterocycles. The fourth-order valence-corrected chi connectivity index (χ4v) is 3.99. The normalized spacial score (nSPS) is 21.7. The quantitative estimate of drug-likeness (QED) is 0.388. The summed E-state index contributed by atoms with van der Waals surface area (Å²) in [4.78, 5) is 24.1. The van der Waals surface area contributed by atoms with E-state index in [0.29, 0.717) is 30.5 Å². The molecule has 2 aromatic rings. The maximum atomic E-state index is 13.2. The number of benzene rings is 2. The highest BCUT2D eigenvalue weighted by Gasteiger charge is 2.40. The predicted molar refractivity (Wildman–Crippen MR) is 118 cm³/mol. The highest BCUT2D eigenvalue weighted by molar-refractivity contribution is 5.88. The fourth-order valence-electron chi connectivity index (χ4n) is 3.99. The molecule has 0 saturated carbocycles. The molecule has 0 aromatic heterocycles. The van der Waals surface area contributed by atoms with Gasteiger partial charge in [-0.05, 0) is 55.2 Å². The average Bonchev–Trinajstić information content (AvgIpc) is 2.79. The Hall–Kier alpha value is -3.50. The van der Waals surface area contributed by atoms with E-state index >= 15 is 0 Å². The van der Waals surface area contributed by atoms with Gasteiger partial charge < -0.3 is 15.4 Å². The lowest BCUT2D eigenvalue weighted by molar-refractivity contribution is -0.143. The zero-order valence-corrected chi connectivity index (χ0v) is 19.3. The maximum Gasteiger partial charge on any atom is 0.416 e. The molecule has 0 unspecified atom stereocenters. The zero-order chi connectivity index (χ0) is 26.7. The summed E-state index contributed by atoms with van der Waals surface area (Å²) < 4.78 is 84.7. The first-order valence-electron chi connectivity index (χ1n) is 11.0. The topological polar surface area (TPSA) is 67.4 Å². The molecule has 2 amide bonds. The van der Waals surface area contributed by atoms with Crippen LogP contribution in [0, 0.1) is 0 Å². The van der Waals surface area contributed by atoms with Crippen LogP contribution in [0.5, 0.6) is 0 Å². The number of halogens is 6. The summed E-state index contributed by atoms with van der Waals surface area (Å²) in [7, 11) is 0. The van der Waals surface area contributed by atoms with Gasteiger partial charge in [-0.25, -0.2) is 0 Å². The molecule has 0 bridgehead atoms. The van der Waals surface area contributed by atoms with Crippen LogP contribution < -0.4 is 10.6 Å². The Balaban J connectivity index is 1.87. The fraction of sp³-hybridized carbons (Fsp3) is 0.360. The van der Waals surface area contributed by atoms with Crippen molar-refractivity contribution in [2.24, 2.45) is 0 Å². The SMILES string of the molecule is CC(=O)N[C@@H]1CC[C@@](/C=C/O[C@H](C)c2cc(C(F)(F)F)cc(C(F)(F)F)c2)(c2ccccc2)NC1=O. The number of hydrogen-bond acceptors (Lipinski definition) is 3. The Labute approximate surface area is 203 Å². The Morgan fingerprint density at radius 1 is 1.08 bits per heavy atom. The third-order valence-electron chi connectivity index (χ3n) is 5.87. The Bertz CT molecular complexity index is 1100. The number of hydrogen-bond donors (Lipinski definition) is 2. The Kier molecular flexibility index (Phi) is 7.70. The minimum Gasteiger partial charge on any atom is -0.494 e. The number of piperidine rings is 1. The van der Waals surface area contributed by atoms with Crippen molar-refractivity contribution in [1.82, 2.24) is 10.6 Å². The summed E-state index contributed by atoms with van der Waals surface area (Å²) in [6.07, 6.45) is -7.81. The van der Waals surface area contributed by atoms with Gasteiger partial charge in [0.15, 0.2) is 0 Å². The van der Waals surface area contributed by atoms with Crippen LogP contribution in [0.25, 0.3) is 0 Å². The highest BCUT2D eigenvalue weighted by atomic mass is 19.4. The van der Waals surface area contributed by atoms with E-state index in [1.54, 1.807) is 30.3 Å². The maximum absolute atomic E-state index is 13.2. The molecule has 0 radical (unpaired) electrons. The van der Waals surface area contributed by atoms with E-state index in [1.807, 2.05) is 0 Å². The molecule has 36 heavy (non-hydrogen) atoms. The first kappa shape index (κ1) is 27.1. The second kappa shape index (κ2) is 10.2. The molecule has 0 spiro atoms. The van der Waals surface area contributed by atoms with E-state index < -0.39 is 47.1 Å². The monoisotopic (exact) mass is 514 g/mol. The summed E-state index contributed by atoms with van der Waals surface area (Å²) in [5.41, 5.74) is -3.55. The minimum atomic E-state index is -4.97. The number of rotatable bonds is 6. The average molecular weight is 514 g/mol. The van der Waals surface area contributed by atoms with Crippen LogP contribution in [0.4, 0.5) is 26.3 Å². The van der Waals surface area contributed by atoms with E-state index in [-0.39, 0.29) is 17.5 Å². The number of carbonyl (C=O) groups is 2. The first-order chi connectivity index (χ1) is 16.7. The van der Waals surface area contributed by atoms with Gasteiger partial charge in [0, 0.05) is 6.92 Å². The van der Waals surface area contributed by atoms with Gasteiger partial charge in [0.2, 0.25) is 11.8 Å². The van der Waals surface area contributed by atoms with Crippen LogP contribution in [0.15, 0.2) is 60.9 Å². The molecule has 0 aliphatic carbocycles. The molecule has 2 N–H and O–H groups in total. The summed E-state index contributed by atoms with van der Waals surface area (Å²) >= 11 is 0. The van der Waals surface area contributed by atoms with Gasteiger partial charge in [0.05, 0.1) is 22.9 Å². The molecule has 1 aliphatic rings. The molecule has 2 aromatic carbocycles. The molecule has 1 aliphatic heterocycles. The summed E-state index contributed by atoms with van der Waals surface area (Å²) in [6.45, 7) is 2.61. The van der Waals surface area contributed by atoms with Gasteiger partial charge in [-0.3, -0.25) is 9.59 Å². The molecule has 5 nitrogen and oxygen atoms in total. The van der Waals surface area contributed by atoms with Crippen LogP contribution in [-0.4, -0.2) is 17.9 Å². The largest absolute Gasteiger partial charge is 0.494 e. The lowest BCUT2D eigenvalue weighted by Crippen LogP contribution is -2.58. The highest BCUT2D eigenvalue weighted by Crippen LogP contribution is 2.38. The van der Waals surface area contributed by atoms with Crippen molar-refractivity contribution >= 4 is 11.8 Å². The second-order valence-corrected chi connectivity index (χ2v) is 8.54. The van der Waals surface area contributed by atoms with E-state index in [0.717, 1.165) is 6.26 Å². The number of alkyl halides is 6. The molecule has 1 fully saturated rings. The van der Waals surface area contributed by atoms with Crippen molar-refractivity contribution in [2.45, 2.75) is 56.7 Å². The summed E-state index contributed by atoms with van der Waals surface area (Å²) in [6, 6.07) is 9.34. The Morgan fingerprint density at radius 3 is 2.17 bits per heavy atom. The minimum absolute atomic E-state index is 0.0551. The zero-order valence-electron chi connectivity index (χ0n) is 19.3. The van der Waals surface area contributed by atoms with Crippen LogP contribution in [0.2, 0.25) is 0 Å². The lowest BCUT2D eigenvalue weighted by atomic mass is 9.80. The number of carbonyl (C=O) groups excluding carboxylic acids is 2. The molecular weight excluding hydrogens is 490 g/mol. The van der Waals surface area contributed by atoms with Crippen molar-refractivity contribution < 1.29 is 40.7 Å². The van der Waals surface area contributed by atoms with E-state index in [2.05, 4.69) is 10.6 Å². The van der Waals surface area contributed by atoms with Gasteiger partial charge in [0.25, 0.3) is 0 Å². The molecule has 3 atom stereocenters. The van der Waals surface area contributed by atoms with E-state index in [1.165, 1.54) is 19.9 Å². The third kappa shape index (κ3) is 6.38. The summed E-state index contributed by atoms with van der Waals surface area (Å²) in [5.74, 6) is -0.805. The van der Waals surface area contributed by atoms with Crippen LogP contribution in [-0.2, 0) is 32.2 Å². The standard InChI is InChI=1S/C25H24F6N2O3/c1-15(17-12-19(24(26,27)28)14-20(13-17)25(29,30)31)36-11-10-23(18-6-4-3-5-7-18)9-8-21(22(35)33-23)32-16(2)34/h3-7,10-15,21H,8-9H2,1-2H3,(H,32,34)(H,33,35)/b11-10+/t15-,21-,23-/m1/s1.